The number of benzene rings is 1. The number of aliphatic hydroxyl groups excluding tert-OH is 1. The van der Waals surface area contributed by atoms with Crippen molar-refractivity contribution in [3.63, 3.8) is 0 Å². The highest BCUT2D eigenvalue weighted by atomic mass is 32.2. The predicted octanol–water partition coefficient (Wildman–Crippen LogP) is 3.56. The Hall–Kier alpha value is -0.510. The van der Waals surface area contributed by atoms with Crippen molar-refractivity contribution in [3.05, 3.63) is 29.8 Å². The second kappa shape index (κ2) is 8.57. The molecule has 0 saturated carbocycles. The summed E-state index contributed by atoms with van der Waals surface area (Å²) in [7, 11) is 0. The second-order valence-electron chi connectivity index (χ2n) is 4.37. The molecule has 0 bridgehead atoms. The lowest BCUT2D eigenvalue weighted by molar-refractivity contribution is 0.173. The number of rotatable bonds is 8. The molecular formula is C15H25NOS. The van der Waals surface area contributed by atoms with Gasteiger partial charge in [0.2, 0.25) is 0 Å². The molecule has 0 saturated heterocycles. The molecule has 1 N–H and O–H groups in total. The van der Waals surface area contributed by atoms with Crippen LogP contribution >= 0.6 is 11.8 Å². The molecule has 0 unspecified atom stereocenters. The molecule has 0 fully saturated rings. The van der Waals surface area contributed by atoms with Crippen LogP contribution in [0.15, 0.2) is 29.2 Å². The third kappa shape index (κ3) is 5.01. The smallest absolute Gasteiger partial charge is 0.0787 e. The summed E-state index contributed by atoms with van der Waals surface area (Å²) in [6, 6.07) is 8.30. The van der Waals surface area contributed by atoms with Crippen molar-refractivity contribution in [2.45, 2.75) is 38.2 Å². The lowest BCUT2D eigenvalue weighted by Crippen LogP contribution is -2.25. The minimum Gasteiger partial charge on any atom is -0.388 e. The minimum atomic E-state index is -0.320. The van der Waals surface area contributed by atoms with Gasteiger partial charge in [-0.2, -0.15) is 0 Å². The Morgan fingerprint density at radius 2 is 1.72 bits per heavy atom. The normalized spacial score (nSPS) is 12.9. The fourth-order valence-electron chi connectivity index (χ4n) is 1.85. The van der Waals surface area contributed by atoms with Gasteiger partial charge in [0.15, 0.2) is 0 Å². The van der Waals surface area contributed by atoms with Gasteiger partial charge in [0, 0.05) is 17.2 Å². The monoisotopic (exact) mass is 267 g/mol. The first-order valence-corrected chi connectivity index (χ1v) is 7.82. The van der Waals surface area contributed by atoms with E-state index >= 15 is 0 Å². The largest absolute Gasteiger partial charge is 0.388 e. The van der Waals surface area contributed by atoms with Crippen LogP contribution < -0.4 is 0 Å². The van der Waals surface area contributed by atoms with E-state index in [0.717, 1.165) is 37.4 Å². The number of hydrogen-bond donors (Lipinski definition) is 1. The first-order valence-electron chi connectivity index (χ1n) is 6.84. The second-order valence-corrected chi connectivity index (χ2v) is 5.54. The zero-order chi connectivity index (χ0) is 13.4. The number of hydrogen-bond acceptors (Lipinski definition) is 3. The summed E-state index contributed by atoms with van der Waals surface area (Å²) in [5.41, 5.74) is 1.02. The van der Waals surface area contributed by atoms with Crippen molar-refractivity contribution >= 4 is 11.8 Å². The number of nitrogens with zero attached hydrogens (tertiary/aromatic N) is 1. The Balaban J connectivity index is 2.39. The molecule has 1 aromatic carbocycles. The lowest BCUT2D eigenvalue weighted by Gasteiger charge is -2.17. The SMILES string of the molecule is CC[C@@H](O)c1ccc(SCCN(CC)CC)cc1. The average Bonchev–Trinajstić information content (AvgIpc) is 2.43. The highest BCUT2D eigenvalue weighted by Crippen LogP contribution is 2.22. The Bertz CT molecular complexity index is 322. The van der Waals surface area contributed by atoms with Gasteiger partial charge in [-0.1, -0.05) is 32.9 Å². The maximum absolute atomic E-state index is 9.72. The zero-order valence-corrected chi connectivity index (χ0v) is 12.5. The molecule has 1 aromatic rings. The highest BCUT2D eigenvalue weighted by molar-refractivity contribution is 7.99. The summed E-state index contributed by atoms with van der Waals surface area (Å²) in [5.74, 6) is 1.12. The molecule has 0 aliphatic heterocycles. The topological polar surface area (TPSA) is 23.5 Å². The van der Waals surface area contributed by atoms with Crippen molar-refractivity contribution in [3.8, 4) is 0 Å². The first kappa shape index (κ1) is 15.5. The van der Waals surface area contributed by atoms with E-state index < -0.39 is 0 Å². The molecule has 0 amide bonds. The average molecular weight is 267 g/mol. The van der Waals surface area contributed by atoms with Crippen LogP contribution in [0.1, 0.15) is 38.9 Å². The zero-order valence-electron chi connectivity index (χ0n) is 11.7. The maximum atomic E-state index is 9.72. The van der Waals surface area contributed by atoms with Crippen LogP contribution in [0.2, 0.25) is 0 Å². The van der Waals surface area contributed by atoms with Gasteiger partial charge in [-0.3, -0.25) is 0 Å². The highest BCUT2D eigenvalue weighted by Gasteiger charge is 2.04. The van der Waals surface area contributed by atoms with Gasteiger partial charge >= 0.3 is 0 Å². The van der Waals surface area contributed by atoms with Crippen molar-refractivity contribution < 1.29 is 5.11 Å². The van der Waals surface area contributed by atoms with Crippen LogP contribution in [0, 0.1) is 0 Å². The molecule has 18 heavy (non-hydrogen) atoms. The molecule has 0 aromatic heterocycles. The molecule has 2 nitrogen and oxygen atoms in total. The summed E-state index contributed by atoms with van der Waals surface area (Å²) in [6.45, 7) is 9.79. The molecule has 0 spiro atoms. The van der Waals surface area contributed by atoms with Crippen LogP contribution in [0.5, 0.6) is 0 Å². The molecule has 1 rings (SSSR count). The minimum absolute atomic E-state index is 0.320. The Morgan fingerprint density at radius 3 is 2.22 bits per heavy atom. The van der Waals surface area contributed by atoms with Gasteiger partial charge in [-0.25, -0.2) is 0 Å². The quantitative estimate of drug-likeness (QED) is 0.728. The van der Waals surface area contributed by atoms with E-state index in [9.17, 15) is 5.11 Å². The van der Waals surface area contributed by atoms with E-state index in [4.69, 9.17) is 0 Å². The standard InChI is InChI=1S/C15H25NOS/c1-4-15(17)13-7-9-14(10-8-13)18-12-11-16(5-2)6-3/h7-10,15,17H,4-6,11-12H2,1-3H3/t15-/m1/s1. The molecule has 0 aliphatic carbocycles. The van der Waals surface area contributed by atoms with Crippen LogP contribution in [-0.2, 0) is 0 Å². The van der Waals surface area contributed by atoms with Gasteiger partial charge in [0.25, 0.3) is 0 Å². The van der Waals surface area contributed by atoms with Gasteiger partial charge in [0.05, 0.1) is 6.10 Å². The molecule has 102 valence electrons. The molecular weight excluding hydrogens is 242 g/mol. The van der Waals surface area contributed by atoms with E-state index in [1.807, 2.05) is 30.8 Å². The molecule has 0 radical (unpaired) electrons. The molecule has 3 heteroatoms. The van der Waals surface area contributed by atoms with Crippen molar-refractivity contribution in [1.82, 2.24) is 4.90 Å². The number of aliphatic hydroxyl groups is 1. The summed E-state index contributed by atoms with van der Waals surface area (Å²) < 4.78 is 0. The van der Waals surface area contributed by atoms with E-state index in [1.165, 1.54) is 4.90 Å². The predicted molar refractivity (Wildman–Crippen MR) is 80.2 cm³/mol. The van der Waals surface area contributed by atoms with Gasteiger partial charge in [-0.15, -0.1) is 11.8 Å². The summed E-state index contributed by atoms with van der Waals surface area (Å²) in [4.78, 5) is 3.72. The van der Waals surface area contributed by atoms with Crippen molar-refractivity contribution in [2.24, 2.45) is 0 Å². The van der Waals surface area contributed by atoms with Crippen LogP contribution in [0.3, 0.4) is 0 Å². The fraction of sp³-hybridized carbons (Fsp3) is 0.600. The fourth-order valence-corrected chi connectivity index (χ4v) is 2.77. The summed E-state index contributed by atoms with van der Waals surface area (Å²) >= 11 is 1.88. The van der Waals surface area contributed by atoms with E-state index in [0.29, 0.717) is 0 Å². The lowest BCUT2D eigenvalue weighted by atomic mass is 10.1. The third-order valence-corrected chi connectivity index (χ3v) is 4.21. The first-order chi connectivity index (χ1) is 8.71. The van der Waals surface area contributed by atoms with Crippen LogP contribution in [-0.4, -0.2) is 35.4 Å². The van der Waals surface area contributed by atoms with Gasteiger partial charge in [-0.05, 0) is 37.2 Å². The Labute approximate surface area is 115 Å². The van der Waals surface area contributed by atoms with Crippen molar-refractivity contribution in [1.29, 1.82) is 0 Å². The molecule has 0 heterocycles. The van der Waals surface area contributed by atoms with E-state index in [2.05, 4.69) is 30.9 Å². The Kier molecular flexibility index (Phi) is 7.40. The Morgan fingerprint density at radius 1 is 1.11 bits per heavy atom. The molecule has 1 atom stereocenters. The maximum Gasteiger partial charge on any atom is 0.0787 e. The third-order valence-electron chi connectivity index (χ3n) is 3.22. The van der Waals surface area contributed by atoms with Gasteiger partial charge < -0.3 is 10.0 Å². The van der Waals surface area contributed by atoms with E-state index in [-0.39, 0.29) is 6.10 Å². The van der Waals surface area contributed by atoms with Crippen LogP contribution in [0.25, 0.3) is 0 Å². The van der Waals surface area contributed by atoms with E-state index in [1.54, 1.807) is 0 Å². The number of thioether (sulfide) groups is 1. The van der Waals surface area contributed by atoms with Crippen molar-refractivity contribution in [2.75, 3.05) is 25.4 Å². The molecule has 0 aliphatic rings. The van der Waals surface area contributed by atoms with Crippen LogP contribution in [0.4, 0.5) is 0 Å². The summed E-state index contributed by atoms with van der Waals surface area (Å²) in [6.07, 6.45) is 0.453. The van der Waals surface area contributed by atoms with Gasteiger partial charge in [0.1, 0.15) is 0 Å². The summed E-state index contributed by atoms with van der Waals surface area (Å²) in [5, 5.41) is 9.72.